The Bertz CT molecular complexity index is 942. The molecule has 1 aromatic carbocycles. The Labute approximate surface area is 167 Å². The monoisotopic (exact) mass is 398 g/mol. The molecule has 0 radical (unpaired) electrons. The van der Waals surface area contributed by atoms with Crippen molar-refractivity contribution in [3.8, 4) is 11.6 Å². The number of para-hydroxylation sites is 1. The van der Waals surface area contributed by atoms with Crippen molar-refractivity contribution in [1.82, 2.24) is 20.1 Å². The first kappa shape index (κ1) is 18.8. The molecule has 0 aliphatic carbocycles. The van der Waals surface area contributed by atoms with E-state index in [-0.39, 0.29) is 17.8 Å². The molecule has 1 saturated heterocycles. The number of hydrogen-bond acceptors (Lipinski definition) is 6. The molecule has 1 atom stereocenters. The van der Waals surface area contributed by atoms with Gasteiger partial charge in [0.05, 0.1) is 11.9 Å². The first-order chi connectivity index (χ1) is 13.7. The Morgan fingerprint density at radius 2 is 2.29 bits per heavy atom. The van der Waals surface area contributed by atoms with Crippen LogP contribution in [-0.2, 0) is 16.1 Å². The minimum absolute atomic E-state index is 0.0426. The summed E-state index contributed by atoms with van der Waals surface area (Å²) >= 11 is 1.35. The van der Waals surface area contributed by atoms with Crippen LogP contribution in [0.2, 0.25) is 0 Å². The predicted molar refractivity (Wildman–Crippen MR) is 108 cm³/mol. The summed E-state index contributed by atoms with van der Waals surface area (Å²) in [6.45, 7) is 5.68. The number of carbonyl (C=O) groups is 1. The van der Waals surface area contributed by atoms with Crippen LogP contribution < -0.4 is 5.32 Å². The first-order valence-electron chi connectivity index (χ1n) is 9.29. The largest absolute Gasteiger partial charge is 0.453 e. The van der Waals surface area contributed by atoms with Crippen LogP contribution in [0.15, 0.2) is 52.6 Å². The molecule has 7 nitrogen and oxygen atoms in total. The first-order valence-corrected chi connectivity index (χ1v) is 10.3. The second-order valence-corrected chi connectivity index (χ2v) is 7.52. The predicted octanol–water partition coefficient (Wildman–Crippen LogP) is 3.26. The molecule has 2 aromatic heterocycles. The van der Waals surface area contributed by atoms with Gasteiger partial charge < -0.3 is 14.5 Å². The van der Waals surface area contributed by atoms with Gasteiger partial charge in [0.1, 0.15) is 5.58 Å². The molecule has 4 rings (SSSR count). The highest BCUT2D eigenvalue weighted by atomic mass is 32.2. The number of hydrogen-bond donors (Lipinski definition) is 1. The Morgan fingerprint density at radius 1 is 1.39 bits per heavy atom. The fraction of sp³-hybridized carbons (Fsp3) is 0.350. The van der Waals surface area contributed by atoms with Crippen LogP contribution in [0.5, 0.6) is 0 Å². The molecule has 0 unspecified atom stereocenters. The standard InChI is InChI=1S/C20H22N4O3S/c1-2-9-24-19(17-11-14-6-3-4-8-16(14)27-17)22-23-20(24)28-13-18(25)21-12-15-7-5-10-26-15/h2-4,6,8,11,15H,1,5,7,9-10,12-13H2,(H,21,25)/t15-/m0/s1. The molecular formula is C20H22N4O3S. The number of amides is 1. The number of carbonyl (C=O) groups excluding carboxylic acids is 1. The summed E-state index contributed by atoms with van der Waals surface area (Å²) in [6, 6.07) is 9.75. The summed E-state index contributed by atoms with van der Waals surface area (Å²) in [5, 5.41) is 13.1. The Hall–Kier alpha value is -2.58. The van der Waals surface area contributed by atoms with E-state index < -0.39 is 0 Å². The van der Waals surface area contributed by atoms with E-state index in [2.05, 4.69) is 22.1 Å². The highest BCUT2D eigenvalue weighted by molar-refractivity contribution is 7.99. The molecule has 0 spiro atoms. The molecule has 3 heterocycles. The van der Waals surface area contributed by atoms with Gasteiger partial charge in [0.15, 0.2) is 10.9 Å². The van der Waals surface area contributed by atoms with Crippen molar-refractivity contribution < 1.29 is 13.9 Å². The minimum atomic E-state index is -0.0426. The number of nitrogens with one attached hydrogen (secondary N) is 1. The number of thioether (sulfide) groups is 1. The smallest absolute Gasteiger partial charge is 0.230 e. The Kier molecular flexibility index (Phi) is 5.78. The van der Waals surface area contributed by atoms with Crippen LogP contribution in [0.3, 0.4) is 0 Å². The third kappa shape index (κ3) is 4.13. The van der Waals surface area contributed by atoms with Crippen LogP contribution in [0, 0.1) is 0 Å². The third-order valence-electron chi connectivity index (χ3n) is 4.56. The van der Waals surface area contributed by atoms with Crippen LogP contribution >= 0.6 is 11.8 Å². The van der Waals surface area contributed by atoms with E-state index >= 15 is 0 Å². The third-order valence-corrected chi connectivity index (χ3v) is 5.52. The molecule has 1 fully saturated rings. The molecule has 1 amide bonds. The van der Waals surface area contributed by atoms with Crippen molar-refractivity contribution in [2.24, 2.45) is 0 Å². The van der Waals surface area contributed by atoms with Gasteiger partial charge in [-0.05, 0) is 25.0 Å². The van der Waals surface area contributed by atoms with Gasteiger partial charge in [-0.25, -0.2) is 0 Å². The molecular weight excluding hydrogens is 376 g/mol. The van der Waals surface area contributed by atoms with E-state index in [1.54, 1.807) is 6.08 Å². The summed E-state index contributed by atoms with van der Waals surface area (Å²) in [7, 11) is 0. The zero-order valence-electron chi connectivity index (χ0n) is 15.5. The number of furan rings is 1. The number of allylic oxidation sites excluding steroid dienone is 1. The van der Waals surface area contributed by atoms with Gasteiger partial charge >= 0.3 is 0 Å². The maximum Gasteiger partial charge on any atom is 0.230 e. The maximum absolute atomic E-state index is 12.2. The molecule has 146 valence electrons. The van der Waals surface area contributed by atoms with Crippen LogP contribution in [0.1, 0.15) is 12.8 Å². The number of benzene rings is 1. The molecule has 0 bridgehead atoms. The second-order valence-electron chi connectivity index (χ2n) is 6.58. The molecule has 3 aromatic rings. The number of nitrogens with zero attached hydrogens (tertiary/aromatic N) is 3. The Morgan fingerprint density at radius 3 is 3.07 bits per heavy atom. The van der Waals surface area contributed by atoms with E-state index in [1.807, 2.05) is 34.9 Å². The lowest BCUT2D eigenvalue weighted by Gasteiger charge is -2.10. The van der Waals surface area contributed by atoms with Gasteiger partial charge in [-0.3, -0.25) is 9.36 Å². The van der Waals surface area contributed by atoms with Crippen LogP contribution in [-0.4, -0.2) is 45.7 Å². The van der Waals surface area contributed by atoms with Crippen molar-refractivity contribution in [2.45, 2.75) is 30.6 Å². The van der Waals surface area contributed by atoms with Gasteiger partial charge in [0.25, 0.3) is 0 Å². The lowest BCUT2D eigenvalue weighted by Crippen LogP contribution is -2.32. The summed E-state index contributed by atoms with van der Waals surface area (Å²) < 4.78 is 13.3. The highest BCUT2D eigenvalue weighted by Crippen LogP contribution is 2.29. The number of ether oxygens (including phenoxy) is 1. The Balaban J connectivity index is 1.45. The normalized spacial score (nSPS) is 16.5. The summed E-state index contributed by atoms with van der Waals surface area (Å²) in [6.07, 6.45) is 3.97. The van der Waals surface area contributed by atoms with Crippen molar-refractivity contribution in [2.75, 3.05) is 18.9 Å². The van der Waals surface area contributed by atoms with Crippen molar-refractivity contribution in [3.05, 3.63) is 43.0 Å². The zero-order chi connectivity index (χ0) is 19.3. The van der Waals surface area contributed by atoms with Gasteiger partial charge in [-0.1, -0.05) is 36.0 Å². The fourth-order valence-electron chi connectivity index (χ4n) is 3.18. The van der Waals surface area contributed by atoms with E-state index in [9.17, 15) is 4.79 Å². The lowest BCUT2D eigenvalue weighted by molar-refractivity contribution is -0.119. The van der Waals surface area contributed by atoms with E-state index in [1.165, 1.54) is 11.8 Å². The summed E-state index contributed by atoms with van der Waals surface area (Å²) in [5.74, 6) is 1.49. The molecule has 1 aliphatic rings. The SMILES string of the molecule is C=CCn1c(SCC(=O)NC[C@@H]2CCCO2)nnc1-c1cc2ccccc2o1. The van der Waals surface area contributed by atoms with Gasteiger partial charge in [-0.15, -0.1) is 16.8 Å². The van der Waals surface area contributed by atoms with Gasteiger partial charge in [0, 0.05) is 25.1 Å². The van der Waals surface area contributed by atoms with Crippen molar-refractivity contribution in [3.63, 3.8) is 0 Å². The highest BCUT2D eigenvalue weighted by Gasteiger charge is 2.19. The number of aromatic nitrogens is 3. The molecule has 1 N–H and O–H groups in total. The average Bonchev–Trinajstić information content (AvgIpc) is 3.44. The average molecular weight is 398 g/mol. The summed E-state index contributed by atoms with van der Waals surface area (Å²) in [5.41, 5.74) is 0.799. The molecule has 28 heavy (non-hydrogen) atoms. The lowest BCUT2D eigenvalue weighted by atomic mass is 10.2. The van der Waals surface area contributed by atoms with Gasteiger partial charge in [0.2, 0.25) is 11.7 Å². The zero-order valence-corrected chi connectivity index (χ0v) is 16.3. The van der Waals surface area contributed by atoms with Gasteiger partial charge in [-0.2, -0.15) is 0 Å². The number of rotatable bonds is 8. The second kappa shape index (κ2) is 8.62. The van der Waals surface area contributed by atoms with Crippen molar-refractivity contribution in [1.29, 1.82) is 0 Å². The van der Waals surface area contributed by atoms with Crippen molar-refractivity contribution >= 4 is 28.6 Å². The van der Waals surface area contributed by atoms with E-state index in [0.717, 1.165) is 30.4 Å². The molecule has 8 heteroatoms. The van der Waals surface area contributed by atoms with E-state index in [4.69, 9.17) is 9.15 Å². The maximum atomic E-state index is 12.2. The van der Waals surface area contributed by atoms with E-state index in [0.29, 0.717) is 29.8 Å². The molecule has 0 saturated carbocycles. The fourth-order valence-corrected chi connectivity index (χ4v) is 3.96. The quantitative estimate of drug-likeness (QED) is 0.463. The topological polar surface area (TPSA) is 82.2 Å². The summed E-state index contributed by atoms with van der Waals surface area (Å²) in [4.78, 5) is 12.2. The van der Waals surface area contributed by atoms with Crippen LogP contribution in [0.4, 0.5) is 0 Å². The van der Waals surface area contributed by atoms with Crippen LogP contribution in [0.25, 0.3) is 22.6 Å². The minimum Gasteiger partial charge on any atom is -0.453 e. The number of fused-ring (bicyclic) bond motifs is 1. The molecule has 1 aliphatic heterocycles.